The van der Waals surface area contributed by atoms with Gasteiger partial charge in [-0.3, -0.25) is 4.90 Å². The Balaban J connectivity index is 1.60. The standard InChI is InChI=1S/C19H27N3O3/c1-15-10-24-14-19(13-23,22(15)2)12-20-9-17-11-25-21-18(17)8-16-6-4-3-5-7-16/h3-7,11,15,20,23H,8-10,12-14H2,1-2H3/t15-,19+/m1/s1. The van der Waals surface area contributed by atoms with Crippen molar-refractivity contribution in [1.29, 1.82) is 0 Å². The second kappa shape index (κ2) is 8.10. The van der Waals surface area contributed by atoms with Gasteiger partial charge in [-0.2, -0.15) is 0 Å². The fourth-order valence-corrected chi connectivity index (χ4v) is 3.28. The summed E-state index contributed by atoms with van der Waals surface area (Å²) < 4.78 is 10.9. The van der Waals surface area contributed by atoms with E-state index in [1.807, 2.05) is 25.2 Å². The fourth-order valence-electron chi connectivity index (χ4n) is 3.28. The van der Waals surface area contributed by atoms with Crippen molar-refractivity contribution in [3.8, 4) is 0 Å². The topological polar surface area (TPSA) is 70.8 Å². The third kappa shape index (κ3) is 4.10. The number of nitrogens with zero attached hydrogens (tertiary/aromatic N) is 2. The van der Waals surface area contributed by atoms with Gasteiger partial charge < -0.3 is 19.7 Å². The van der Waals surface area contributed by atoms with E-state index in [0.29, 0.717) is 26.3 Å². The van der Waals surface area contributed by atoms with Crippen LogP contribution in [0, 0.1) is 0 Å². The van der Waals surface area contributed by atoms with Crippen LogP contribution < -0.4 is 5.32 Å². The molecule has 0 unspecified atom stereocenters. The summed E-state index contributed by atoms with van der Waals surface area (Å²) in [6.45, 7) is 4.68. The molecule has 2 heterocycles. The molecule has 136 valence electrons. The van der Waals surface area contributed by atoms with Crippen molar-refractivity contribution in [2.24, 2.45) is 0 Å². The molecule has 1 aromatic carbocycles. The molecule has 1 saturated heterocycles. The molecule has 1 aliphatic rings. The molecule has 1 fully saturated rings. The van der Waals surface area contributed by atoms with E-state index in [2.05, 4.69) is 34.4 Å². The Morgan fingerprint density at radius 1 is 1.36 bits per heavy atom. The van der Waals surface area contributed by atoms with Crippen molar-refractivity contribution in [1.82, 2.24) is 15.4 Å². The summed E-state index contributed by atoms with van der Waals surface area (Å²) in [6, 6.07) is 10.5. The van der Waals surface area contributed by atoms with Gasteiger partial charge in [0, 0.05) is 31.1 Å². The van der Waals surface area contributed by atoms with Crippen molar-refractivity contribution < 1.29 is 14.4 Å². The summed E-state index contributed by atoms with van der Waals surface area (Å²) in [5.74, 6) is 0. The molecular weight excluding hydrogens is 318 g/mol. The first-order valence-electron chi connectivity index (χ1n) is 8.73. The van der Waals surface area contributed by atoms with E-state index in [1.54, 1.807) is 6.26 Å². The van der Waals surface area contributed by atoms with Gasteiger partial charge in [0.25, 0.3) is 0 Å². The minimum atomic E-state index is -0.394. The Hall–Kier alpha value is -1.73. The lowest BCUT2D eigenvalue weighted by Crippen LogP contribution is -2.65. The van der Waals surface area contributed by atoms with E-state index >= 15 is 0 Å². The molecule has 0 spiro atoms. The third-order valence-electron chi connectivity index (χ3n) is 5.15. The van der Waals surface area contributed by atoms with Gasteiger partial charge in [0.1, 0.15) is 6.26 Å². The smallest absolute Gasteiger partial charge is 0.128 e. The monoisotopic (exact) mass is 345 g/mol. The SMILES string of the molecule is C[C@@H]1COC[C@@](CO)(CNCc2conc2Cc2ccccc2)N1C. The number of aromatic nitrogens is 1. The highest BCUT2D eigenvalue weighted by molar-refractivity contribution is 5.25. The van der Waals surface area contributed by atoms with Gasteiger partial charge in [-0.05, 0) is 19.5 Å². The highest BCUT2D eigenvalue weighted by atomic mass is 16.5. The molecule has 3 rings (SSSR count). The van der Waals surface area contributed by atoms with Crippen LogP contribution in [0.15, 0.2) is 41.1 Å². The molecule has 1 aliphatic heterocycles. The Labute approximate surface area is 148 Å². The van der Waals surface area contributed by atoms with E-state index in [9.17, 15) is 5.11 Å². The minimum absolute atomic E-state index is 0.0569. The van der Waals surface area contributed by atoms with E-state index in [1.165, 1.54) is 5.56 Å². The molecular formula is C19H27N3O3. The lowest BCUT2D eigenvalue weighted by Gasteiger charge is -2.47. The van der Waals surface area contributed by atoms with Crippen molar-refractivity contribution in [2.45, 2.75) is 31.5 Å². The number of aliphatic hydroxyl groups excluding tert-OH is 1. The first-order valence-corrected chi connectivity index (χ1v) is 8.73. The van der Waals surface area contributed by atoms with Gasteiger partial charge in [-0.1, -0.05) is 35.5 Å². The Kier molecular flexibility index (Phi) is 5.86. The fraction of sp³-hybridized carbons (Fsp3) is 0.526. The maximum atomic E-state index is 9.94. The van der Waals surface area contributed by atoms with Gasteiger partial charge >= 0.3 is 0 Å². The molecule has 0 amide bonds. The first kappa shape index (κ1) is 18.1. The Bertz CT molecular complexity index is 661. The summed E-state index contributed by atoms with van der Waals surface area (Å²) in [6.07, 6.45) is 2.44. The third-order valence-corrected chi connectivity index (χ3v) is 5.15. The molecule has 0 saturated carbocycles. The maximum absolute atomic E-state index is 9.94. The van der Waals surface area contributed by atoms with Crippen LogP contribution in [0.5, 0.6) is 0 Å². The summed E-state index contributed by atoms with van der Waals surface area (Å²) in [5, 5.41) is 17.5. The van der Waals surface area contributed by atoms with Crippen LogP contribution in [-0.2, 0) is 17.7 Å². The summed E-state index contributed by atoms with van der Waals surface area (Å²) in [5.41, 5.74) is 2.80. The zero-order valence-corrected chi connectivity index (χ0v) is 14.9. The van der Waals surface area contributed by atoms with Crippen molar-refractivity contribution >= 4 is 0 Å². The lowest BCUT2D eigenvalue weighted by molar-refractivity contribution is -0.106. The summed E-state index contributed by atoms with van der Waals surface area (Å²) >= 11 is 0. The molecule has 6 heteroatoms. The van der Waals surface area contributed by atoms with Crippen molar-refractivity contribution in [3.63, 3.8) is 0 Å². The van der Waals surface area contributed by atoms with Crippen LogP contribution in [0.3, 0.4) is 0 Å². The average molecular weight is 345 g/mol. The van der Waals surface area contributed by atoms with Gasteiger partial charge in [-0.15, -0.1) is 0 Å². The van der Waals surface area contributed by atoms with E-state index in [-0.39, 0.29) is 12.6 Å². The Morgan fingerprint density at radius 2 is 2.16 bits per heavy atom. The second-order valence-corrected chi connectivity index (χ2v) is 6.91. The molecule has 25 heavy (non-hydrogen) atoms. The number of rotatable bonds is 7. The van der Waals surface area contributed by atoms with Crippen LogP contribution in [0.4, 0.5) is 0 Å². The molecule has 0 radical (unpaired) electrons. The molecule has 0 bridgehead atoms. The van der Waals surface area contributed by atoms with Gasteiger partial charge in [0.05, 0.1) is 31.1 Å². The number of hydrogen-bond acceptors (Lipinski definition) is 6. The number of benzene rings is 1. The second-order valence-electron chi connectivity index (χ2n) is 6.91. The number of nitrogens with one attached hydrogen (secondary N) is 1. The molecule has 0 aliphatic carbocycles. The number of hydrogen-bond donors (Lipinski definition) is 2. The molecule has 2 N–H and O–H groups in total. The first-order chi connectivity index (χ1) is 12.1. The zero-order valence-electron chi connectivity index (χ0n) is 14.9. The number of aliphatic hydroxyl groups is 1. The summed E-state index contributed by atoms with van der Waals surface area (Å²) in [4.78, 5) is 2.21. The van der Waals surface area contributed by atoms with E-state index < -0.39 is 5.54 Å². The highest BCUT2D eigenvalue weighted by Crippen LogP contribution is 2.22. The Morgan fingerprint density at radius 3 is 2.92 bits per heavy atom. The predicted octanol–water partition coefficient (Wildman–Crippen LogP) is 1.44. The number of morpholine rings is 1. The molecule has 2 atom stereocenters. The van der Waals surface area contributed by atoms with Gasteiger partial charge in [0.2, 0.25) is 0 Å². The average Bonchev–Trinajstić information content (AvgIpc) is 3.07. The van der Waals surface area contributed by atoms with Gasteiger partial charge in [0.15, 0.2) is 0 Å². The molecule has 1 aromatic heterocycles. The number of likely N-dealkylation sites (N-methyl/N-ethyl adjacent to an activating group) is 1. The van der Waals surface area contributed by atoms with Crippen LogP contribution in [0.1, 0.15) is 23.7 Å². The van der Waals surface area contributed by atoms with Crippen molar-refractivity contribution in [2.75, 3.05) is 33.4 Å². The minimum Gasteiger partial charge on any atom is -0.394 e. The highest BCUT2D eigenvalue weighted by Gasteiger charge is 2.40. The molecule has 6 nitrogen and oxygen atoms in total. The predicted molar refractivity (Wildman–Crippen MR) is 95.3 cm³/mol. The lowest BCUT2D eigenvalue weighted by atomic mass is 9.96. The maximum Gasteiger partial charge on any atom is 0.128 e. The zero-order chi connectivity index (χ0) is 17.7. The van der Waals surface area contributed by atoms with Crippen molar-refractivity contribution in [3.05, 3.63) is 53.4 Å². The summed E-state index contributed by atoms with van der Waals surface area (Å²) in [7, 11) is 2.05. The van der Waals surface area contributed by atoms with E-state index in [4.69, 9.17) is 9.26 Å². The van der Waals surface area contributed by atoms with Crippen LogP contribution in [-0.4, -0.2) is 60.2 Å². The quantitative estimate of drug-likeness (QED) is 0.791. The largest absolute Gasteiger partial charge is 0.394 e. The molecule has 2 aromatic rings. The van der Waals surface area contributed by atoms with Gasteiger partial charge in [-0.25, -0.2) is 0 Å². The van der Waals surface area contributed by atoms with Crippen LogP contribution in [0.25, 0.3) is 0 Å². The normalized spacial score (nSPS) is 24.5. The van der Waals surface area contributed by atoms with Crippen LogP contribution in [0.2, 0.25) is 0 Å². The van der Waals surface area contributed by atoms with E-state index in [0.717, 1.165) is 17.7 Å². The number of ether oxygens (including phenoxy) is 1. The van der Waals surface area contributed by atoms with Crippen LogP contribution >= 0.6 is 0 Å².